The molecule has 1 fully saturated rings. The van der Waals surface area contributed by atoms with E-state index in [1.165, 1.54) is 4.31 Å². The molecule has 0 spiro atoms. The molecule has 0 bridgehead atoms. The van der Waals surface area contributed by atoms with Gasteiger partial charge in [-0.2, -0.15) is 14.8 Å². The molecule has 1 aliphatic heterocycles. The third-order valence-electron chi connectivity index (χ3n) is 5.80. The second kappa shape index (κ2) is 11.2. The van der Waals surface area contributed by atoms with Gasteiger partial charge in [0.1, 0.15) is 0 Å². The van der Waals surface area contributed by atoms with E-state index in [0.717, 1.165) is 11.1 Å². The number of nitrogens with zero attached hydrogens (tertiary/aromatic N) is 4. The van der Waals surface area contributed by atoms with Gasteiger partial charge in [-0.1, -0.05) is 24.3 Å². The number of hydrogen-bond acceptors (Lipinski definition) is 6. The van der Waals surface area contributed by atoms with Crippen LogP contribution in [0.2, 0.25) is 0 Å². The van der Waals surface area contributed by atoms with E-state index in [2.05, 4.69) is 12.1 Å². The van der Waals surface area contributed by atoms with Crippen LogP contribution in [0.1, 0.15) is 28.7 Å². The third-order valence-corrected chi connectivity index (χ3v) is 7.67. The molecule has 0 saturated carbocycles. The second-order valence-corrected chi connectivity index (χ2v) is 10.8. The number of benzene rings is 2. The summed E-state index contributed by atoms with van der Waals surface area (Å²) in [6, 6.07) is 18.0. The molecule has 1 unspecified atom stereocenters. The highest BCUT2D eigenvalue weighted by Crippen LogP contribution is 2.26. The maximum absolute atomic E-state index is 13.4. The van der Waals surface area contributed by atoms with Crippen LogP contribution in [0.3, 0.4) is 0 Å². The molecule has 0 radical (unpaired) electrons. The van der Waals surface area contributed by atoms with Crippen LogP contribution in [-0.2, 0) is 21.2 Å². The van der Waals surface area contributed by atoms with E-state index in [1.807, 2.05) is 19.0 Å². The van der Waals surface area contributed by atoms with Gasteiger partial charge in [0.25, 0.3) is 0 Å². The average molecular weight is 477 g/mol. The molecule has 0 aliphatic carbocycles. The topological polar surface area (TPSA) is 105 Å². The van der Waals surface area contributed by atoms with Gasteiger partial charge in [0, 0.05) is 24.6 Å². The van der Waals surface area contributed by atoms with Crippen LogP contribution in [0.25, 0.3) is 6.08 Å². The summed E-state index contributed by atoms with van der Waals surface area (Å²) in [5, 5.41) is 18.0. The van der Waals surface area contributed by atoms with Crippen molar-refractivity contribution in [3.63, 3.8) is 0 Å². The molecule has 0 amide bonds. The van der Waals surface area contributed by atoms with Gasteiger partial charge in [-0.15, -0.1) is 0 Å². The van der Waals surface area contributed by atoms with Gasteiger partial charge in [0.2, 0.25) is 10.0 Å². The van der Waals surface area contributed by atoms with Gasteiger partial charge < -0.3 is 4.90 Å². The number of sulfonamides is 1. The Morgan fingerprint density at radius 1 is 1.03 bits per heavy atom. The van der Waals surface area contributed by atoms with Crippen LogP contribution in [0.5, 0.6) is 0 Å². The molecule has 1 heterocycles. The second-order valence-electron chi connectivity index (χ2n) is 8.74. The molecular formula is C26H28N4O3S. The van der Waals surface area contributed by atoms with Gasteiger partial charge in [0.15, 0.2) is 5.78 Å². The summed E-state index contributed by atoms with van der Waals surface area (Å²) in [7, 11) is 0.255. The van der Waals surface area contributed by atoms with E-state index in [1.54, 1.807) is 54.6 Å². The largest absolute Gasteiger partial charge is 0.309 e. The van der Waals surface area contributed by atoms with Gasteiger partial charge in [-0.25, -0.2) is 8.42 Å². The maximum atomic E-state index is 13.4. The van der Waals surface area contributed by atoms with Crippen molar-refractivity contribution in [2.24, 2.45) is 5.92 Å². The van der Waals surface area contributed by atoms with E-state index in [4.69, 9.17) is 10.5 Å². The maximum Gasteiger partial charge on any atom is 0.214 e. The molecule has 8 heteroatoms. The smallest absolute Gasteiger partial charge is 0.214 e. The first-order valence-electron chi connectivity index (χ1n) is 11.1. The molecule has 34 heavy (non-hydrogen) atoms. The Hall–Kier alpha value is -3.30. The van der Waals surface area contributed by atoms with Crippen molar-refractivity contribution in [1.82, 2.24) is 9.21 Å². The van der Waals surface area contributed by atoms with Gasteiger partial charge >= 0.3 is 0 Å². The first-order chi connectivity index (χ1) is 16.2. The number of carbonyl (C=O) groups excluding carboxylic acids is 1. The lowest BCUT2D eigenvalue weighted by molar-refractivity contribution is -0.120. The summed E-state index contributed by atoms with van der Waals surface area (Å²) < 4.78 is 27.7. The van der Waals surface area contributed by atoms with Gasteiger partial charge in [-0.3, -0.25) is 4.79 Å². The Morgan fingerprint density at radius 3 is 2.18 bits per heavy atom. The van der Waals surface area contributed by atoms with E-state index >= 15 is 0 Å². The molecule has 1 aliphatic rings. The fourth-order valence-corrected chi connectivity index (χ4v) is 5.45. The van der Waals surface area contributed by atoms with Crippen LogP contribution in [0.4, 0.5) is 0 Å². The van der Waals surface area contributed by atoms with Crippen molar-refractivity contribution < 1.29 is 13.2 Å². The first-order valence-corrected chi connectivity index (χ1v) is 12.7. The molecular weight excluding hydrogens is 448 g/mol. The summed E-state index contributed by atoms with van der Waals surface area (Å²) in [5.74, 6) is -0.573. The normalized spacial score (nSPS) is 18.1. The van der Waals surface area contributed by atoms with Gasteiger partial charge in [-0.05, 0) is 75.0 Å². The minimum absolute atomic E-state index is 0.0209. The van der Waals surface area contributed by atoms with Crippen LogP contribution in [-0.4, -0.2) is 62.9 Å². The summed E-state index contributed by atoms with van der Waals surface area (Å²) in [5.41, 5.74) is 3.10. The highest BCUT2D eigenvalue weighted by atomic mass is 32.2. The predicted octanol–water partition coefficient (Wildman–Crippen LogP) is 2.84. The van der Waals surface area contributed by atoms with Crippen LogP contribution < -0.4 is 0 Å². The summed E-state index contributed by atoms with van der Waals surface area (Å²) >= 11 is 0. The Labute approximate surface area is 201 Å². The van der Waals surface area contributed by atoms with Crippen molar-refractivity contribution in [2.75, 3.05) is 39.5 Å². The third kappa shape index (κ3) is 6.61. The molecule has 3 rings (SSSR count). The van der Waals surface area contributed by atoms with Crippen molar-refractivity contribution in [3.05, 3.63) is 76.4 Å². The SMILES string of the molecule is CN(C)CCCS(=O)(=O)N1C/C(=C\c2ccc(C#N)cc2)C(=O)C(Cc2ccc(C#N)cc2)C1. The van der Waals surface area contributed by atoms with Crippen molar-refractivity contribution in [3.8, 4) is 12.1 Å². The van der Waals surface area contributed by atoms with Crippen molar-refractivity contribution >= 4 is 21.9 Å². The highest BCUT2D eigenvalue weighted by molar-refractivity contribution is 7.89. The van der Waals surface area contributed by atoms with Crippen LogP contribution in [0, 0.1) is 28.6 Å². The number of piperidine rings is 1. The number of hydrogen-bond donors (Lipinski definition) is 0. The Kier molecular flexibility index (Phi) is 8.36. The lowest BCUT2D eigenvalue weighted by Gasteiger charge is -2.33. The molecule has 2 aromatic rings. The predicted molar refractivity (Wildman–Crippen MR) is 131 cm³/mol. The quantitative estimate of drug-likeness (QED) is 0.543. The van der Waals surface area contributed by atoms with Crippen molar-refractivity contribution in [2.45, 2.75) is 12.8 Å². The first kappa shape index (κ1) is 25.3. The molecule has 1 atom stereocenters. The van der Waals surface area contributed by atoms with Gasteiger partial charge in [0.05, 0.1) is 29.0 Å². The lowest BCUT2D eigenvalue weighted by atomic mass is 9.87. The molecule has 176 valence electrons. The molecule has 7 nitrogen and oxygen atoms in total. The van der Waals surface area contributed by atoms with Crippen LogP contribution >= 0.6 is 0 Å². The molecule has 0 aromatic heterocycles. The minimum atomic E-state index is -3.55. The zero-order chi connectivity index (χ0) is 24.7. The van der Waals surface area contributed by atoms with Crippen LogP contribution in [0.15, 0.2) is 54.1 Å². The van der Waals surface area contributed by atoms with E-state index in [0.29, 0.717) is 36.1 Å². The molecule has 2 aromatic carbocycles. The van der Waals surface area contributed by atoms with E-state index < -0.39 is 15.9 Å². The Morgan fingerprint density at radius 2 is 1.62 bits per heavy atom. The zero-order valence-electron chi connectivity index (χ0n) is 19.4. The fourth-order valence-electron chi connectivity index (χ4n) is 3.96. The molecule has 0 N–H and O–H groups in total. The van der Waals surface area contributed by atoms with Crippen molar-refractivity contribution in [1.29, 1.82) is 10.5 Å². The number of carbonyl (C=O) groups is 1. The summed E-state index contributed by atoms with van der Waals surface area (Å²) in [4.78, 5) is 15.3. The number of rotatable bonds is 8. The summed E-state index contributed by atoms with van der Waals surface area (Å²) in [6.45, 7) is 0.829. The number of Topliss-reactive ketones (excluding diaryl/α,β-unsaturated/α-hetero) is 1. The zero-order valence-corrected chi connectivity index (χ0v) is 20.3. The fraction of sp³-hybridized carbons (Fsp3) is 0.346. The Bertz CT molecular complexity index is 1230. The average Bonchev–Trinajstić information content (AvgIpc) is 2.82. The highest BCUT2D eigenvalue weighted by Gasteiger charge is 2.36. The number of nitriles is 2. The van der Waals surface area contributed by atoms with E-state index in [9.17, 15) is 13.2 Å². The summed E-state index contributed by atoms with van der Waals surface area (Å²) in [6.07, 6.45) is 2.62. The van der Waals surface area contributed by atoms with E-state index in [-0.39, 0.29) is 24.6 Å². The Balaban J connectivity index is 1.89. The monoisotopic (exact) mass is 476 g/mol. The lowest BCUT2D eigenvalue weighted by Crippen LogP contribution is -2.47. The minimum Gasteiger partial charge on any atom is -0.309 e. The number of ketones is 1. The molecule has 1 saturated heterocycles. The standard InChI is InChI=1S/C26H28N4O3S/c1-29(2)12-3-13-34(32,33)30-18-24(14-20-4-8-22(16-27)9-5-20)26(31)25(19-30)15-21-6-10-23(17-28)11-7-21/h4-11,14,25H,3,12-13,15,18-19H2,1-2H3/b24-14+.